The highest BCUT2D eigenvalue weighted by atomic mass is 16.5. The Kier molecular flexibility index (Phi) is 38.8. The minimum Gasteiger partial charge on any atom is -0.466 e. The zero-order chi connectivity index (χ0) is 43.7. The van der Waals surface area contributed by atoms with Gasteiger partial charge in [-0.05, 0) is 96.1 Å². The summed E-state index contributed by atoms with van der Waals surface area (Å²) < 4.78 is 17.3. The predicted octanol–water partition coefficient (Wildman–Crippen LogP) is 13.8. The van der Waals surface area contributed by atoms with E-state index in [1.165, 1.54) is 116 Å². The van der Waals surface area contributed by atoms with Crippen molar-refractivity contribution < 1.29 is 28.6 Å². The zero-order valence-corrected chi connectivity index (χ0v) is 40.6. The maximum atomic E-state index is 12.9. The fourth-order valence-electron chi connectivity index (χ4n) is 8.72. The summed E-state index contributed by atoms with van der Waals surface area (Å²) in [6.07, 6.45) is 37.5. The van der Waals surface area contributed by atoms with Crippen LogP contribution >= 0.6 is 0 Å². The number of unbranched alkanes of at least 4 members (excludes halogenated alkanes) is 18. The number of hydrogen-bond acceptors (Lipinski definition) is 8. The predicted molar refractivity (Wildman–Crippen MR) is 252 cm³/mol. The topological polar surface area (TPSA) is 85.4 Å². The summed E-state index contributed by atoms with van der Waals surface area (Å²) in [6.45, 7) is 15.4. The molecule has 0 unspecified atom stereocenters. The Labute approximate surface area is 372 Å². The van der Waals surface area contributed by atoms with Gasteiger partial charge < -0.3 is 24.0 Å². The van der Waals surface area contributed by atoms with Crippen LogP contribution < -0.4 is 0 Å². The number of piperazine rings is 1. The molecule has 0 atom stereocenters. The van der Waals surface area contributed by atoms with Gasteiger partial charge in [0.05, 0.1) is 13.2 Å². The molecule has 0 bridgehead atoms. The molecule has 60 heavy (non-hydrogen) atoms. The van der Waals surface area contributed by atoms with Crippen molar-refractivity contribution in [1.29, 1.82) is 0 Å². The zero-order valence-electron chi connectivity index (χ0n) is 40.6. The Balaban J connectivity index is 2.25. The van der Waals surface area contributed by atoms with Crippen LogP contribution in [0.5, 0.6) is 0 Å². The number of carbonyl (C=O) groups is 3. The van der Waals surface area contributed by atoms with Crippen LogP contribution in [0.1, 0.15) is 246 Å². The van der Waals surface area contributed by atoms with Crippen molar-refractivity contribution in [3.8, 4) is 0 Å². The summed E-state index contributed by atoms with van der Waals surface area (Å²) in [4.78, 5) is 42.6. The van der Waals surface area contributed by atoms with Crippen LogP contribution in [0.2, 0.25) is 0 Å². The smallest absolute Gasteiger partial charge is 0.306 e. The number of carbonyl (C=O) groups excluding carboxylic acids is 3. The van der Waals surface area contributed by atoms with Gasteiger partial charge in [-0.1, -0.05) is 156 Å². The largest absolute Gasteiger partial charge is 0.466 e. The standard InChI is InChI=1S/C52H100N2O6/c1-6-10-31-47(32-11-7-2)45-51(56)58-43-28-24-20-16-14-18-22-26-35-49(60-50(55)37-30-38-54-41-39-53(5)40-42-54)36-27-23-19-15-17-21-25-29-44-59-52(57)46-48(33-12-8-3)34-13-9-4/h47-49H,6-46H2,1-5H3. The molecular formula is C52H100N2O6. The lowest BCUT2D eigenvalue weighted by molar-refractivity contribution is -0.150. The Morgan fingerprint density at radius 1 is 0.433 bits per heavy atom. The van der Waals surface area contributed by atoms with E-state index >= 15 is 0 Å². The van der Waals surface area contributed by atoms with E-state index in [-0.39, 0.29) is 24.0 Å². The van der Waals surface area contributed by atoms with Gasteiger partial charge in [0, 0.05) is 45.4 Å². The van der Waals surface area contributed by atoms with Crippen molar-refractivity contribution in [2.45, 2.75) is 252 Å². The van der Waals surface area contributed by atoms with Crippen molar-refractivity contribution in [2.24, 2.45) is 11.8 Å². The van der Waals surface area contributed by atoms with E-state index in [9.17, 15) is 14.4 Å². The van der Waals surface area contributed by atoms with Crippen LogP contribution in [0.3, 0.4) is 0 Å². The van der Waals surface area contributed by atoms with E-state index in [0.29, 0.717) is 44.3 Å². The van der Waals surface area contributed by atoms with Gasteiger partial charge in [-0.25, -0.2) is 0 Å². The summed E-state index contributed by atoms with van der Waals surface area (Å²) in [7, 11) is 2.18. The first-order chi connectivity index (χ1) is 29.3. The number of likely N-dealkylation sites (N-methyl/N-ethyl adjacent to an activating group) is 1. The van der Waals surface area contributed by atoms with Crippen LogP contribution in [0.25, 0.3) is 0 Å². The van der Waals surface area contributed by atoms with Crippen LogP contribution in [-0.4, -0.2) is 86.8 Å². The maximum absolute atomic E-state index is 12.9. The third-order valence-electron chi connectivity index (χ3n) is 12.9. The molecule has 1 saturated heterocycles. The lowest BCUT2D eigenvalue weighted by atomic mass is 9.93. The highest BCUT2D eigenvalue weighted by Crippen LogP contribution is 2.23. The second-order valence-electron chi connectivity index (χ2n) is 18.7. The molecule has 1 heterocycles. The highest BCUT2D eigenvalue weighted by molar-refractivity contribution is 5.70. The molecule has 0 radical (unpaired) electrons. The first kappa shape index (κ1) is 56.3. The van der Waals surface area contributed by atoms with Gasteiger partial charge in [0.2, 0.25) is 0 Å². The Hall–Kier alpha value is -1.67. The molecule has 0 saturated carbocycles. The van der Waals surface area contributed by atoms with Crippen molar-refractivity contribution in [3.05, 3.63) is 0 Å². The van der Waals surface area contributed by atoms with Crippen LogP contribution in [0, 0.1) is 11.8 Å². The van der Waals surface area contributed by atoms with Crippen LogP contribution in [0.15, 0.2) is 0 Å². The van der Waals surface area contributed by atoms with E-state index in [1.54, 1.807) is 0 Å². The summed E-state index contributed by atoms with van der Waals surface area (Å²) in [5.41, 5.74) is 0. The number of hydrogen-bond donors (Lipinski definition) is 0. The van der Waals surface area contributed by atoms with Gasteiger partial charge in [-0.2, -0.15) is 0 Å². The van der Waals surface area contributed by atoms with Crippen molar-refractivity contribution in [3.63, 3.8) is 0 Å². The number of nitrogens with zero attached hydrogens (tertiary/aromatic N) is 2. The molecule has 8 nitrogen and oxygen atoms in total. The SMILES string of the molecule is CCCCC(CCCC)CC(=O)OCCCCCCCCCCC(CCCCCCCCCCOC(=O)CC(CCCC)CCCC)OC(=O)CCCN1CCN(C)CC1. The molecule has 0 N–H and O–H groups in total. The summed E-state index contributed by atoms with van der Waals surface area (Å²) in [6, 6.07) is 0. The fourth-order valence-corrected chi connectivity index (χ4v) is 8.72. The molecule has 0 amide bonds. The molecule has 0 aromatic heterocycles. The molecule has 0 spiro atoms. The molecule has 0 aromatic carbocycles. The van der Waals surface area contributed by atoms with Crippen molar-refractivity contribution in [1.82, 2.24) is 9.80 Å². The number of esters is 3. The molecule has 1 aliphatic heterocycles. The van der Waals surface area contributed by atoms with Gasteiger partial charge >= 0.3 is 17.9 Å². The third kappa shape index (κ3) is 34.9. The molecule has 1 rings (SSSR count). The molecular weight excluding hydrogens is 749 g/mol. The minimum atomic E-state index is -0.00825. The van der Waals surface area contributed by atoms with Crippen molar-refractivity contribution in [2.75, 3.05) is 53.0 Å². The molecule has 8 heteroatoms. The van der Waals surface area contributed by atoms with E-state index in [1.807, 2.05) is 0 Å². The van der Waals surface area contributed by atoms with Crippen LogP contribution in [-0.2, 0) is 28.6 Å². The average molecular weight is 849 g/mol. The van der Waals surface area contributed by atoms with E-state index < -0.39 is 0 Å². The molecule has 354 valence electrons. The van der Waals surface area contributed by atoms with E-state index in [4.69, 9.17) is 14.2 Å². The monoisotopic (exact) mass is 849 g/mol. The van der Waals surface area contributed by atoms with E-state index in [0.717, 1.165) is 116 Å². The van der Waals surface area contributed by atoms with Gasteiger partial charge in [0.1, 0.15) is 6.10 Å². The normalized spacial score (nSPS) is 13.8. The molecule has 0 aliphatic carbocycles. The molecule has 1 fully saturated rings. The number of rotatable bonds is 43. The Bertz CT molecular complexity index is 914. The van der Waals surface area contributed by atoms with Crippen LogP contribution in [0.4, 0.5) is 0 Å². The first-order valence-electron chi connectivity index (χ1n) is 26.2. The minimum absolute atomic E-state index is 0.00427. The second kappa shape index (κ2) is 41.3. The lowest BCUT2D eigenvalue weighted by Gasteiger charge is -2.32. The van der Waals surface area contributed by atoms with E-state index in [2.05, 4.69) is 44.5 Å². The summed E-state index contributed by atoms with van der Waals surface area (Å²) in [5, 5.41) is 0. The quantitative estimate of drug-likeness (QED) is 0.0341. The van der Waals surface area contributed by atoms with Gasteiger partial charge in [-0.3, -0.25) is 14.4 Å². The van der Waals surface area contributed by atoms with Gasteiger partial charge in [0.15, 0.2) is 0 Å². The van der Waals surface area contributed by atoms with Gasteiger partial charge in [-0.15, -0.1) is 0 Å². The third-order valence-corrected chi connectivity index (χ3v) is 12.9. The number of ether oxygens (including phenoxy) is 3. The molecule has 1 aliphatic rings. The fraction of sp³-hybridized carbons (Fsp3) is 0.942. The average Bonchev–Trinajstić information content (AvgIpc) is 3.24. The first-order valence-corrected chi connectivity index (χ1v) is 26.2. The second-order valence-corrected chi connectivity index (χ2v) is 18.7. The Morgan fingerprint density at radius 3 is 1.18 bits per heavy atom. The Morgan fingerprint density at radius 2 is 0.800 bits per heavy atom. The summed E-state index contributed by atoms with van der Waals surface area (Å²) >= 11 is 0. The lowest BCUT2D eigenvalue weighted by Crippen LogP contribution is -2.44. The van der Waals surface area contributed by atoms with Crippen molar-refractivity contribution >= 4 is 17.9 Å². The maximum Gasteiger partial charge on any atom is 0.306 e. The summed E-state index contributed by atoms with van der Waals surface area (Å²) in [5.74, 6) is 0.988. The van der Waals surface area contributed by atoms with Gasteiger partial charge in [0.25, 0.3) is 0 Å². The molecule has 0 aromatic rings. The highest BCUT2D eigenvalue weighted by Gasteiger charge is 2.18.